The van der Waals surface area contributed by atoms with E-state index in [1.807, 2.05) is 0 Å². The highest BCUT2D eigenvalue weighted by molar-refractivity contribution is 7.86. The van der Waals surface area contributed by atoms with Gasteiger partial charge in [-0.1, -0.05) is 50.8 Å². The molecular formula is C16H27NO3S. The second kappa shape index (κ2) is 9.92. The molecule has 0 saturated carbocycles. The van der Waals surface area contributed by atoms with Crippen molar-refractivity contribution in [2.75, 3.05) is 6.61 Å². The van der Waals surface area contributed by atoms with Crippen LogP contribution in [0.3, 0.4) is 0 Å². The lowest BCUT2D eigenvalue weighted by Crippen LogP contribution is -2.20. The molecule has 1 rings (SSSR count). The lowest BCUT2D eigenvalue weighted by molar-refractivity contribution is 0.301. The zero-order valence-electron chi connectivity index (χ0n) is 12.8. The Morgan fingerprint density at radius 2 is 1.71 bits per heavy atom. The van der Waals surface area contributed by atoms with Gasteiger partial charge in [-0.2, -0.15) is 8.42 Å². The summed E-state index contributed by atoms with van der Waals surface area (Å²) in [6.07, 6.45) is 7.33. The van der Waals surface area contributed by atoms with Gasteiger partial charge < -0.3 is 5.73 Å². The van der Waals surface area contributed by atoms with Crippen LogP contribution >= 0.6 is 0 Å². The predicted octanol–water partition coefficient (Wildman–Crippen LogP) is 3.47. The van der Waals surface area contributed by atoms with E-state index in [-0.39, 0.29) is 17.5 Å². The molecule has 1 aromatic rings. The SMILES string of the molecule is CCCCCCC(N)CCCOS(=O)(=O)c1ccccc1. The smallest absolute Gasteiger partial charge is 0.296 e. The van der Waals surface area contributed by atoms with Gasteiger partial charge in [-0.25, -0.2) is 0 Å². The average Bonchev–Trinajstić information content (AvgIpc) is 2.49. The lowest BCUT2D eigenvalue weighted by Gasteiger charge is -2.11. The highest BCUT2D eigenvalue weighted by Crippen LogP contribution is 2.13. The molecule has 0 heterocycles. The first-order valence-corrected chi connectivity index (χ1v) is 9.17. The Kier molecular flexibility index (Phi) is 8.57. The maximum absolute atomic E-state index is 11.9. The fraction of sp³-hybridized carbons (Fsp3) is 0.625. The van der Waals surface area contributed by atoms with E-state index in [0.29, 0.717) is 6.42 Å². The molecule has 0 fully saturated rings. The number of hydrogen-bond acceptors (Lipinski definition) is 4. The largest absolute Gasteiger partial charge is 0.328 e. The molecule has 5 heteroatoms. The Morgan fingerprint density at radius 1 is 1.05 bits per heavy atom. The first-order valence-electron chi connectivity index (χ1n) is 7.76. The quantitative estimate of drug-likeness (QED) is 0.501. The van der Waals surface area contributed by atoms with Crippen LogP contribution in [0.15, 0.2) is 35.2 Å². The third-order valence-corrected chi connectivity index (χ3v) is 4.74. The molecule has 2 N–H and O–H groups in total. The fourth-order valence-electron chi connectivity index (χ4n) is 2.15. The highest BCUT2D eigenvalue weighted by atomic mass is 32.2. The first-order chi connectivity index (χ1) is 10.1. The van der Waals surface area contributed by atoms with Crippen molar-refractivity contribution in [3.8, 4) is 0 Å². The molecule has 4 nitrogen and oxygen atoms in total. The van der Waals surface area contributed by atoms with E-state index in [0.717, 1.165) is 19.3 Å². The summed E-state index contributed by atoms with van der Waals surface area (Å²) >= 11 is 0. The zero-order valence-corrected chi connectivity index (χ0v) is 13.6. The number of benzene rings is 1. The molecule has 120 valence electrons. The molecule has 0 aliphatic rings. The van der Waals surface area contributed by atoms with Crippen molar-refractivity contribution >= 4 is 10.1 Å². The van der Waals surface area contributed by atoms with Crippen LogP contribution in [0.2, 0.25) is 0 Å². The molecule has 0 spiro atoms. The van der Waals surface area contributed by atoms with Crippen molar-refractivity contribution < 1.29 is 12.6 Å². The molecule has 1 aromatic carbocycles. The molecule has 0 radical (unpaired) electrons. The third-order valence-electron chi connectivity index (χ3n) is 3.42. The maximum atomic E-state index is 11.9. The van der Waals surface area contributed by atoms with Gasteiger partial charge in [0.2, 0.25) is 0 Å². The predicted molar refractivity (Wildman–Crippen MR) is 85.5 cm³/mol. The van der Waals surface area contributed by atoms with Gasteiger partial charge >= 0.3 is 0 Å². The van der Waals surface area contributed by atoms with E-state index >= 15 is 0 Å². The van der Waals surface area contributed by atoms with Gasteiger partial charge in [-0.15, -0.1) is 0 Å². The normalized spacial score (nSPS) is 13.2. The van der Waals surface area contributed by atoms with Crippen LogP contribution in [0.5, 0.6) is 0 Å². The Morgan fingerprint density at radius 3 is 2.38 bits per heavy atom. The number of nitrogens with two attached hydrogens (primary N) is 1. The number of rotatable bonds is 11. The lowest BCUT2D eigenvalue weighted by atomic mass is 10.0. The van der Waals surface area contributed by atoms with E-state index < -0.39 is 10.1 Å². The molecule has 0 bridgehead atoms. The highest BCUT2D eigenvalue weighted by Gasteiger charge is 2.14. The summed E-state index contributed by atoms with van der Waals surface area (Å²) < 4.78 is 28.8. The summed E-state index contributed by atoms with van der Waals surface area (Å²) in [6, 6.07) is 8.36. The molecule has 0 aliphatic carbocycles. The van der Waals surface area contributed by atoms with Gasteiger partial charge in [0.1, 0.15) is 0 Å². The zero-order chi connectivity index (χ0) is 15.6. The van der Waals surface area contributed by atoms with Crippen LogP contribution < -0.4 is 5.73 Å². The van der Waals surface area contributed by atoms with Crippen LogP contribution in [0.25, 0.3) is 0 Å². The Hall–Kier alpha value is -0.910. The molecule has 0 aromatic heterocycles. The summed E-state index contributed by atoms with van der Waals surface area (Å²) in [5.74, 6) is 0. The van der Waals surface area contributed by atoms with Gasteiger partial charge in [-0.3, -0.25) is 4.18 Å². The molecule has 0 amide bonds. The molecule has 1 unspecified atom stereocenters. The van der Waals surface area contributed by atoms with Crippen LogP contribution in [-0.4, -0.2) is 21.1 Å². The maximum Gasteiger partial charge on any atom is 0.296 e. The van der Waals surface area contributed by atoms with Crippen LogP contribution in [0.4, 0.5) is 0 Å². The van der Waals surface area contributed by atoms with Crippen LogP contribution in [0.1, 0.15) is 51.9 Å². The molecule has 0 aliphatic heterocycles. The minimum atomic E-state index is -3.62. The topological polar surface area (TPSA) is 69.4 Å². The monoisotopic (exact) mass is 313 g/mol. The summed E-state index contributed by atoms with van der Waals surface area (Å²) in [5, 5.41) is 0. The van der Waals surface area contributed by atoms with Crippen molar-refractivity contribution in [3.05, 3.63) is 30.3 Å². The van der Waals surface area contributed by atoms with E-state index in [2.05, 4.69) is 6.92 Å². The van der Waals surface area contributed by atoms with E-state index in [1.54, 1.807) is 18.2 Å². The van der Waals surface area contributed by atoms with Crippen molar-refractivity contribution in [1.82, 2.24) is 0 Å². The standard InChI is InChI=1S/C16H27NO3S/c1-2-3-4-6-10-15(17)11-9-14-20-21(18,19)16-12-7-5-8-13-16/h5,7-8,12-13,15H,2-4,6,9-11,14,17H2,1H3. The molecule has 0 saturated heterocycles. The van der Waals surface area contributed by atoms with Gasteiger partial charge in [0, 0.05) is 6.04 Å². The van der Waals surface area contributed by atoms with E-state index in [1.165, 1.54) is 31.4 Å². The second-order valence-corrected chi connectivity index (χ2v) is 6.96. The minimum absolute atomic E-state index is 0.143. The van der Waals surface area contributed by atoms with Gasteiger partial charge in [0.15, 0.2) is 0 Å². The van der Waals surface area contributed by atoms with Gasteiger partial charge in [0.05, 0.1) is 11.5 Å². The number of hydrogen-bond donors (Lipinski definition) is 1. The van der Waals surface area contributed by atoms with E-state index in [4.69, 9.17) is 9.92 Å². The Labute approximate surface area is 128 Å². The summed E-state index contributed by atoms with van der Waals surface area (Å²) in [5.41, 5.74) is 6.01. The molecular weight excluding hydrogens is 286 g/mol. The van der Waals surface area contributed by atoms with Crippen molar-refractivity contribution in [3.63, 3.8) is 0 Å². The summed E-state index contributed by atoms with van der Waals surface area (Å²) in [4.78, 5) is 0.203. The second-order valence-electron chi connectivity index (χ2n) is 5.34. The average molecular weight is 313 g/mol. The van der Waals surface area contributed by atoms with Gasteiger partial charge in [0.25, 0.3) is 10.1 Å². The van der Waals surface area contributed by atoms with E-state index in [9.17, 15) is 8.42 Å². The summed E-state index contributed by atoms with van der Waals surface area (Å²) in [6.45, 7) is 2.38. The van der Waals surface area contributed by atoms with Crippen molar-refractivity contribution in [2.24, 2.45) is 5.73 Å². The Balaban J connectivity index is 2.19. The summed E-state index contributed by atoms with van der Waals surface area (Å²) in [7, 11) is -3.62. The van der Waals surface area contributed by atoms with Crippen molar-refractivity contribution in [2.45, 2.75) is 62.8 Å². The Bertz CT molecular complexity index is 474. The van der Waals surface area contributed by atoms with Crippen LogP contribution in [-0.2, 0) is 14.3 Å². The number of unbranched alkanes of at least 4 members (excludes halogenated alkanes) is 3. The van der Waals surface area contributed by atoms with Crippen molar-refractivity contribution in [1.29, 1.82) is 0 Å². The van der Waals surface area contributed by atoms with Crippen LogP contribution in [0, 0.1) is 0 Å². The molecule has 1 atom stereocenters. The minimum Gasteiger partial charge on any atom is -0.328 e. The molecule has 21 heavy (non-hydrogen) atoms. The first kappa shape index (κ1) is 18.1. The third kappa shape index (κ3) is 7.60. The van der Waals surface area contributed by atoms with Gasteiger partial charge in [-0.05, 0) is 31.4 Å². The fourth-order valence-corrected chi connectivity index (χ4v) is 3.11.